The zero-order valence-electron chi connectivity index (χ0n) is 16.4. The van der Waals surface area contributed by atoms with Gasteiger partial charge in [-0.15, -0.1) is 0 Å². The van der Waals surface area contributed by atoms with Crippen LogP contribution in [0.25, 0.3) is 0 Å². The molecule has 0 aliphatic carbocycles. The minimum atomic E-state index is 0.324. The molecular formula is C22H26NO4+. The normalized spacial score (nSPS) is 27.4. The van der Waals surface area contributed by atoms with Crippen LogP contribution in [0.1, 0.15) is 41.1 Å². The van der Waals surface area contributed by atoms with Gasteiger partial charge in [0.15, 0.2) is 23.0 Å². The summed E-state index contributed by atoms with van der Waals surface area (Å²) in [6.45, 7) is 4.70. The highest BCUT2D eigenvalue weighted by molar-refractivity contribution is 5.55. The molecule has 5 rings (SSSR count). The van der Waals surface area contributed by atoms with E-state index in [1.165, 1.54) is 22.3 Å². The smallest absolute Gasteiger partial charge is 0.231 e. The van der Waals surface area contributed by atoms with Crippen LogP contribution in [0.5, 0.6) is 23.0 Å². The fraction of sp³-hybridized carbons (Fsp3) is 0.455. The predicted octanol–water partition coefficient (Wildman–Crippen LogP) is 3.79. The van der Waals surface area contributed by atoms with E-state index in [4.69, 9.17) is 18.9 Å². The largest absolute Gasteiger partial charge is 0.493 e. The van der Waals surface area contributed by atoms with Crippen molar-refractivity contribution in [3.05, 3.63) is 46.5 Å². The summed E-state index contributed by atoms with van der Waals surface area (Å²) in [4.78, 5) is 0. The molecule has 3 heterocycles. The third-order valence-electron chi connectivity index (χ3n) is 6.68. The Bertz CT molecular complexity index is 925. The highest BCUT2D eigenvalue weighted by atomic mass is 16.7. The molecule has 27 heavy (non-hydrogen) atoms. The summed E-state index contributed by atoms with van der Waals surface area (Å²) in [7, 11) is 5.81. The summed E-state index contributed by atoms with van der Waals surface area (Å²) in [5.74, 6) is 3.84. The summed E-state index contributed by atoms with van der Waals surface area (Å²) in [5.41, 5.74) is 5.45. The number of hydrogen-bond donors (Lipinski definition) is 0. The molecule has 0 N–H and O–H groups in total. The Hall–Kier alpha value is -2.40. The summed E-state index contributed by atoms with van der Waals surface area (Å²) >= 11 is 0. The molecule has 3 aliphatic rings. The van der Waals surface area contributed by atoms with Crippen molar-refractivity contribution >= 4 is 0 Å². The Labute approximate surface area is 160 Å². The first-order valence-electron chi connectivity index (χ1n) is 9.56. The number of hydrogen-bond acceptors (Lipinski definition) is 4. The van der Waals surface area contributed by atoms with Crippen LogP contribution >= 0.6 is 0 Å². The van der Waals surface area contributed by atoms with E-state index in [-0.39, 0.29) is 0 Å². The standard InChI is InChI=1S/C22H26NO4/c1-13-15-5-6-18(24-3)22(25-4)17(15)11-23(2)8-7-14-9-19-20(27-12-26-19)10-16(14)21(13)23/h5-6,9-10,13,21H,7-8,11-12H2,1-4H3/q+1/t13-,21+,23-/m1/s1. The van der Waals surface area contributed by atoms with Gasteiger partial charge in [-0.25, -0.2) is 0 Å². The van der Waals surface area contributed by atoms with E-state index in [1.54, 1.807) is 14.2 Å². The molecule has 3 aliphatic heterocycles. The molecule has 0 radical (unpaired) electrons. The molecule has 0 spiro atoms. The van der Waals surface area contributed by atoms with Gasteiger partial charge in [-0.3, -0.25) is 0 Å². The predicted molar refractivity (Wildman–Crippen MR) is 102 cm³/mol. The van der Waals surface area contributed by atoms with Crippen molar-refractivity contribution < 1.29 is 23.4 Å². The van der Waals surface area contributed by atoms with E-state index in [2.05, 4.69) is 32.2 Å². The number of benzene rings is 2. The van der Waals surface area contributed by atoms with Gasteiger partial charge in [-0.2, -0.15) is 0 Å². The topological polar surface area (TPSA) is 36.9 Å². The van der Waals surface area contributed by atoms with Crippen LogP contribution in [-0.4, -0.2) is 39.1 Å². The second kappa shape index (κ2) is 5.80. The van der Waals surface area contributed by atoms with Crippen LogP contribution in [0.2, 0.25) is 0 Å². The maximum absolute atomic E-state index is 5.77. The third-order valence-corrected chi connectivity index (χ3v) is 6.68. The Morgan fingerprint density at radius 2 is 1.81 bits per heavy atom. The van der Waals surface area contributed by atoms with Gasteiger partial charge < -0.3 is 23.4 Å². The van der Waals surface area contributed by atoms with Crippen molar-refractivity contribution in [1.82, 2.24) is 0 Å². The fourth-order valence-electron chi connectivity index (χ4n) is 5.46. The van der Waals surface area contributed by atoms with Crippen LogP contribution < -0.4 is 18.9 Å². The van der Waals surface area contributed by atoms with Crippen LogP contribution in [0.15, 0.2) is 24.3 Å². The average Bonchev–Trinajstić information content (AvgIpc) is 3.12. The van der Waals surface area contributed by atoms with Gasteiger partial charge in [-0.05, 0) is 29.3 Å². The Balaban J connectivity index is 1.67. The number of nitrogens with zero attached hydrogens (tertiary/aromatic N) is 1. The highest BCUT2D eigenvalue weighted by Gasteiger charge is 2.48. The number of rotatable bonds is 2. The molecule has 5 nitrogen and oxygen atoms in total. The molecule has 3 atom stereocenters. The molecule has 5 heteroatoms. The van der Waals surface area contributed by atoms with E-state index in [1.807, 2.05) is 6.07 Å². The zero-order chi connectivity index (χ0) is 18.8. The second-order valence-corrected chi connectivity index (χ2v) is 8.12. The lowest BCUT2D eigenvalue weighted by molar-refractivity contribution is -0.957. The monoisotopic (exact) mass is 368 g/mol. The SMILES string of the molecule is COc1ccc2c(c1OC)C[N@@+]1(C)CCc3cc4c(cc3[C@@H]1[C@@H]2C)OCO4. The lowest BCUT2D eigenvalue weighted by Gasteiger charge is -2.51. The van der Waals surface area contributed by atoms with Gasteiger partial charge in [-0.1, -0.05) is 13.0 Å². The van der Waals surface area contributed by atoms with E-state index < -0.39 is 0 Å². The molecule has 0 saturated carbocycles. The van der Waals surface area contributed by atoms with E-state index in [0.717, 1.165) is 47.0 Å². The van der Waals surface area contributed by atoms with Gasteiger partial charge in [0.25, 0.3) is 0 Å². The maximum atomic E-state index is 5.77. The first kappa shape index (κ1) is 16.8. The highest BCUT2D eigenvalue weighted by Crippen LogP contribution is 2.54. The minimum absolute atomic E-state index is 0.324. The van der Waals surface area contributed by atoms with Crippen molar-refractivity contribution in [2.24, 2.45) is 0 Å². The van der Waals surface area contributed by atoms with Crippen LogP contribution in [0.4, 0.5) is 0 Å². The van der Waals surface area contributed by atoms with Gasteiger partial charge >= 0.3 is 0 Å². The first-order chi connectivity index (χ1) is 13.1. The molecule has 0 unspecified atom stereocenters. The summed E-state index contributed by atoms with van der Waals surface area (Å²) in [5, 5.41) is 0. The summed E-state index contributed by atoms with van der Waals surface area (Å²) in [6.07, 6.45) is 1.05. The van der Waals surface area contributed by atoms with E-state index in [0.29, 0.717) is 18.8 Å². The Kier molecular flexibility index (Phi) is 3.60. The molecule has 0 aromatic heterocycles. The Morgan fingerprint density at radius 3 is 2.56 bits per heavy atom. The molecule has 2 aromatic carbocycles. The molecule has 0 amide bonds. The van der Waals surface area contributed by atoms with Gasteiger partial charge in [0, 0.05) is 17.9 Å². The molecule has 142 valence electrons. The minimum Gasteiger partial charge on any atom is -0.493 e. The van der Waals surface area contributed by atoms with Crippen molar-refractivity contribution in [2.45, 2.75) is 31.8 Å². The zero-order valence-corrected chi connectivity index (χ0v) is 16.4. The maximum Gasteiger partial charge on any atom is 0.231 e. The number of methoxy groups -OCH3 is 2. The quantitative estimate of drug-likeness (QED) is 0.756. The number of ether oxygens (including phenoxy) is 4. The van der Waals surface area contributed by atoms with Gasteiger partial charge in [0.05, 0.1) is 33.4 Å². The summed E-state index contributed by atoms with van der Waals surface area (Å²) in [6, 6.07) is 9.06. The molecule has 0 saturated heterocycles. The number of likely N-dealkylation sites (N-methyl/N-ethyl adjacent to an activating group) is 1. The molecule has 0 bridgehead atoms. The van der Waals surface area contributed by atoms with Crippen LogP contribution in [-0.2, 0) is 13.0 Å². The van der Waals surface area contributed by atoms with Crippen LogP contribution in [0.3, 0.4) is 0 Å². The fourth-order valence-corrected chi connectivity index (χ4v) is 5.46. The van der Waals surface area contributed by atoms with Crippen molar-refractivity contribution in [1.29, 1.82) is 0 Å². The number of fused-ring (bicyclic) bond motifs is 5. The summed E-state index contributed by atoms with van der Waals surface area (Å²) < 4.78 is 23.6. The van der Waals surface area contributed by atoms with Crippen molar-refractivity contribution in [3.63, 3.8) is 0 Å². The lowest BCUT2D eigenvalue weighted by Crippen LogP contribution is -2.54. The van der Waals surface area contributed by atoms with Crippen molar-refractivity contribution in [3.8, 4) is 23.0 Å². The molecule has 0 fully saturated rings. The lowest BCUT2D eigenvalue weighted by atomic mass is 9.75. The Morgan fingerprint density at radius 1 is 1.04 bits per heavy atom. The third kappa shape index (κ3) is 2.27. The van der Waals surface area contributed by atoms with E-state index in [9.17, 15) is 0 Å². The second-order valence-electron chi connectivity index (χ2n) is 8.12. The van der Waals surface area contributed by atoms with Crippen LogP contribution in [0, 0.1) is 0 Å². The van der Waals surface area contributed by atoms with Crippen molar-refractivity contribution in [2.75, 3.05) is 34.6 Å². The average molecular weight is 368 g/mol. The number of quaternary nitrogens is 1. The molecule has 2 aromatic rings. The first-order valence-corrected chi connectivity index (χ1v) is 9.56. The van der Waals surface area contributed by atoms with Gasteiger partial charge in [0.1, 0.15) is 12.6 Å². The molecular weight excluding hydrogens is 342 g/mol. The van der Waals surface area contributed by atoms with Gasteiger partial charge in [0.2, 0.25) is 6.79 Å². The van der Waals surface area contributed by atoms with E-state index >= 15 is 0 Å².